The molecule has 3 unspecified atom stereocenters. The predicted octanol–water partition coefficient (Wildman–Crippen LogP) is 1.28. The fourth-order valence-corrected chi connectivity index (χ4v) is 1.73. The van der Waals surface area contributed by atoms with Gasteiger partial charge in [-0.05, 0) is 6.42 Å². The first-order chi connectivity index (χ1) is 6.54. The lowest BCUT2D eigenvalue weighted by molar-refractivity contribution is -0.176. The highest BCUT2D eigenvalue weighted by molar-refractivity contribution is 5.72. The third kappa shape index (κ3) is 2.47. The van der Waals surface area contributed by atoms with Crippen molar-refractivity contribution < 1.29 is 19.1 Å². The number of hydrogen-bond donors (Lipinski definition) is 0. The smallest absolute Gasteiger partial charge is 0.309 e. The van der Waals surface area contributed by atoms with Crippen molar-refractivity contribution in [3.8, 4) is 0 Å². The Morgan fingerprint density at radius 2 is 2.29 bits per heavy atom. The standard InChI is InChI=1S/C10H16O4/c1-4-8-6(2)9(13-7(3)11)5-10(12)14-8/h6,8-9H,4-5H2,1-3H3. The maximum atomic E-state index is 11.2. The van der Waals surface area contributed by atoms with Crippen LogP contribution in [0.5, 0.6) is 0 Å². The number of hydrogen-bond acceptors (Lipinski definition) is 4. The van der Waals surface area contributed by atoms with Crippen molar-refractivity contribution in [2.45, 2.75) is 45.8 Å². The minimum atomic E-state index is -0.341. The van der Waals surface area contributed by atoms with Gasteiger partial charge in [-0.25, -0.2) is 0 Å². The van der Waals surface area contributed by atoms with Crippen LogP contribution in [0.1, 0.15) is 33.6 Å². The number of carbonyl (C=O) groups is 2. The highest BCUT2D eigenvalue weighted by Gasteiger charge is 2.36. The molecule has 1 saturated heterocycles. The van der Waals surface area contributed by atoms with Crippen LogP contribution >= 0.6 is 0 Å². The summed E-state index contributed by atoms with van der Waals surface area (Å²) in [5, 5.41) is 0. The zero-order valence-electron chi connectivity index (χ0n) is 8.78. The Balaban J connectivity index is 2.64. The zero-order chi connectivity index (χ0) is 10.7. The van der Waals surface area contributed by atoms with Crippen molar-refractivity contribution in [1.29, 1.82) is 0 Å². The molecule has 0 amide bonds. The molecule has 80 valence electrons. The van der Waals surface area contributed by atoms with Crippen molar-refractivity contribution >= 4 is 11.9 Å². The van der Waals surface area contributed by atoms with Gasteiger partial charge < -0.3 is 9.47 Å². The Kier molecular flexibility index (Phi) is 3.49. The molecule has 0 bridgehead atoms. The first-order valence-electron chi connectivity index (χ1n) is 4.91. The molecule has 0 N–H and O–H groups in total. The Morgan fingerprint density at radius 3 is 2.79 bits per heavy atom. The summed E-state index contributed by atoms with van der Waals surface area (Å²) >= 11 is 0. The van der Waals surface area contributed by atoms with Gasteiger partial charge in [0.2, 0.25) is 0 Å². The van der Waals surface area contributed by atoms with E-state index in [0.717, 1.165) is 6.42 Å². The molecule has 0 spiro atoms. The summed E-state index contributed by atoms with van der Waals surface area (Å²) in [7, 11) is 0. The summed E-state index contributed by atoms with van der Waals surface area (Å²) in [5.41, 5.74) is 0. The summed E-state index contributed by atoms with van der Waals surface area (Å²) < 4.78 is 10.2. The number of esters is 2. The van der Waals surface area contributed by atoms with Crippen molar-refractivity contribution in [3.63, 3.8) is 0 Å². The van der Waals surface area contributed by atoms with Crippen LogP contribution in [-0.4, -0.2) is 24.1 Å². The van der Waals surface area contributed by atoms with E-state index in [1.54, 1.807) is 0 Å². The van der Waals surface area contributed by atoms with Crippen LogP contribution in [0.3, 0.4) is 0 Å². The molecule has 14 heavy (non-hydrogen) atoms. The third-order valence-electron chi connectivity index (χ3n) is 2.54. The minimum Gasteiger partial charge on any atom is -0.462 e. The Hall–Kier alpha value is -1.06. The third-order valence-corrected chi connectivity index (χ3v) is 2.54. The molecule has 0 aromatic heterocycles. The van der Waals surface area contributed by atoms with Gasteiger partial charge in [0.25, 0.3) is 0 Å². The van der Waals surface area contributed by atoms with E-state index in [2.05, 4.69) is 0 Å². The SMILES string of the molecule is CCC1OC(=O)CC(OC(C)=O)C1C. The van der Waals surface area contributed by atoms with Crippen LogP contribution in [0.2, 0.25) is 0 Å². The van der Waals surface area contributed by atoms with Gasteiger partial charge in [0.15, 0.2) is 0 Å². The molecule has 1 aliphatic rings. The lowest BCUT2D eigenvalue weighted by Crippen LogP contribution is -2.42. The van der Waals surface area contributed by atoms with Gasteiger partial charge in [-0.2, -0.15) is 0 Å². The second kappa shape index (κ2) is 4.44. The predicted molar refractivity (Wildman–Crippen MR) is 49.5 cm³/mol. The molecule has 0 aliphatic carbocycles. The highest BCUT2D eigenvalue weighted by atomic mass is 16.6. The van der Waals surface area contributed by atoms with E-state index in [0.29, 0.717) is 0 Å². The van der Waals surface area contributed by atoms with Crippen molar-refractivity contribution in [3.05, 3.63) is 0 Å². The molecule has 1 heterocycles. The molecular weight excluding hydrogens is 184 g/mol. The summed E-state index contributed by atoms with van der Waals surface area (Å²) in [6.07, 6.45) is 0.487. The maximum absolute atomic E-state index is 11.2. The van der Waals surface area contributed by atoms with E-state index in [9.17, 15) is 9.59 Å². The van der Waals surface area contributed by atoms with Gasteiger partial charge in [-0.1, -0.05) is 13.8 Å². The maximum Gasteiger partial charge on any atom is 0.309 e. The van der Waals surface area contributed by atoms with Crippen LogP contribution < -0.4 is 0 Å². The molecule has 0 aromatic rings. The first kappa shape index (κ1) is 11.0. The van der Waals surface area contributed by atoms with Crippen LogP contribution in [-0.2, 0) is 19.1 Å². The van der Waals surface area contributed by atoms with Crippen molar-refractivity contribution in [2.75, 3.05) is 0 Å². The monoisotopic (exact) mass is 200 g/mol. The molecule has 4 nitrogen and oxygen atoms in total. The average Bonchev–Trinajstić information content (AvgIpc) is 2.09. The number of carbonyl (C=O) groups excluding carboxylic acids is 2. The largest absolute Gasteiger partial charge is 0.462 e. The Labute approximate surface area is 83.6 Å². The van der Waals surface area contributed by atoms with Gasteiger partial charge in [-0.15, -0.1) is 0 Å². The van der Waals surface area contributed by atoms with Gasteiger partial charge >= 0.3 is 11.9 Å². The van der Waals surface area contributed by atoms with Crippen molar-refractivity contribution in [2.24, 2.45) is 5.92 Å². The van der Waals surface area contributed by atoms with E-state index in [4.69, 9.17) is 9.47 Å². The van der Waals surface area contributed by atoms with Crippen molar-refractivity contribution in [1.82, 2.24) is 0 Å². The second-order valence-electron chi connectivity index (χ2n) is 3.65. The number of rotatable bonds is 2. The Bertz CT molecular complexity index is 234. The molecule has 3 atom stereocenters. The van der Waals surface area contributed by atoms with E-state index in [-0.39, 0.29) is 36.5 Å². The lowest BCUT2D eigenvalue weighted by Gasteiger charge is -2.33. The minimum absolute atomic E-state index is 0.0848. The topological polar surface area (TPSA) is 52.6 Å². The highest BCUT2D eigenvalue weighted by Crippen LogP contribution is 2.26. The van der Waals surface area contributed by atoms with E-state index in [1.807, 2.05) is 13.8 Å². The summed E-state index contributed by atoms with van der Waals surface area (Å²) in [4.78, 5) is 21.9. The first-order valence-corrected chi connectivity index (χ1v) is 4.91. The summed E-state index contributed by atoms with van der Waals surface area (Å²) in [6, 6.07) is 0. The average molecular weight is 200 g/mol. The molecule has 0 saturated carbocycles. The zero-order valence-corrected chi connectivity index (χ0v) is 8.78. The molecule has 0 radical (unpaired) electrons. The number of ether oxygens (including phenoxy) is 2. The van der Waals surface area contributed by atoms with Crippen LogP contribution in [0, 0.1) is 5.92 Å². The van der Waals surface area contributed by atoms with E-state index >= 15 is 0 Å². The van der Waals surface area contributed by atoms with Gasteiger partial charge in [0.05, 0.1) is 6.42 Å². The van der Waals surface area contributed by atoms with Crippen LogP contribution in [0.4, 0.5) is 0 Å². The molecule has 4 heteroatoms. The molecule has 0 aromatic carbocycles. The summed E-state index contributed by atoms with van der Waals surface area (Å²) in [6.45, 7) is 5.24. The normalized spacial score (nSPS) is 32.2. The van der Waals surface area contributed by atoms with Crippen LogP contribution in [0.15, 0.2) is 0 Å². The molecule has 1 rings (SSSR count). The van der Waals surface area contributed by atoms with E-state index < -0.39 is 0 Å². The van der Waals surface area contributed by atoms with E-state index in [1.165, 1.54) is 6.92 Å². The van der Waals surface area contributed by atoms with Gasteiger partial charge in [0.1, 0.15) is 12.2 Å². The fraction of sp³-hybridized carbons (Fsp3) is 0.800. The number of cyclic esters (lactones) is 1. The van der Waals surface area contributed by atoms with Gasteiger partial charge in [-0.3, -0.25) is 9.59 Å². The second-order valence-corrected chi connectivity index (χ2v) is 3.65. The van der Waals surface area contributed by atoms with Gasteiger partial charge in [0, 0.05) is 12.8 Å². The van der Waals surface area contributed by atoms with Crippen LogP contribution in [0.25, 0.3) is 0 Å². The molecule has 1 aliphatic heterocycles. The quantitative estimate of drug-likeness (QED) is 0.630. The Morgan fingerprint density at radius 1 is 1.64 bits per heavy atom. The fourth-order valence-electron chi connectivity index (χ4n) is 1.73. The lowest BCUT2D eigenvalue weighted by atomic mass is 9.91. The summed E-state index contributed by atoms with van der Waals surface area (Å²) in [5.74, 6) is -0.533. The molecule has 1 fully saturated rings. The molecular formula is C10H16O4.